The van der Waals surface area contributed by atoms with E-state index in [1.54, 1.807) is 30.3 Å². The first-order valence-electron chi connectivity index (χ1n) is 8.63. The molecule has 0 bridgehead atoms. The van der Waals surface area contributed by atoms with Crippen LogP contribution in [-0.2, 0) is 16.1 Å². The minimum absolute atomic E-state index is 0.0323. The van der Waals surface area contributed by atoms with E-state index in [9.17, 15) is 9.59 Å². The second-order valence-corrected chi connectivity index (χ2v) is 6.89. The molecule has 2 aromatic heterocycles. The van der Waals surface area contributed by atoms with E-state index in [0.29, 0.717) is 26.9 Å². The van der Waals surface area contributed by atoms with Crippen LogP contribution in [-0.4, -0.2) is 28.7 Å². The Morgan fingerprint density at radius 3 is 2.62 bits per heavy atom. The zero-order chi connectivity index (χ0) is 20.4. The van der Waals surface area contributed by atoms with Crippen LogP contribution >= 0.6 is 23.2 Å². The Morgan fingerprint density at radius 1 is 1.07 bits per heavy atom. The third-order valence-electron chi connectivity index (χ3n) is 4.16. The van der Waals surface area contributed by atoms with E-state index in [1.807, 2.05) is 12.1 Å². The lowest BCUT2D eigenvalue weighted by atomic mass is 10.2. The SMILES string of the molecule is O=C(Cn1cnc2c(oc3ccccc32)c1=O)OCCOc1c(Cl)cccc1Cl. The monoisotopic (exact) mass is 432 g/mol. The van der Waals surface area contributed by atoms with Gasteiger partial charge in [-0.2, -0.15) is 0 Å². The number of halogens is 2. The summed E-state index contributed by atoms with van der Waals surface area (Å²) in [6, 6.07) is 12.2. The van der Waals surface area contributed by atoms with Crippen molar-refractivity contribution in [2.75, 3.05) is 13.2 Å². The molecule has 0 aliphatic carbocycles. The van der Waals surface area contributed by atoms with Gasteiger partial charge in [0.25, 0.3) is 5.56 Å². The van der Waals surface area contributed by atoms with Gasteiger partial charge >= 0.3 is 5.97 Å². The molecule has 4 aromatic rings. The molecule has 2 heterocycles. The van der Waals surface area contributed by atoms with Gasteiger partial charge in [-0.15, -0.1) is 0 Å². The number of para-hydroxylation sites is 2. The predicted octanol–water partition coefficient (Wildman–Crippen LogP) is 4.07. The maximum Gasteiger partial charge on any atom is 0.326 e. The van der Waals surface area contributed by atoms with E-state index in [-0.39, 0.29) is 25.3 Å². The van der Waals surface area contributed by atoms with Crippen LogP contribution in [0.2, 0.25) is 10.0 Å². The van der Waals surface area contributed by atoms with Gasteiger partial charge in [0.2, 0.25) is 5.58 Å². The molecule has 29 heavy (non-hydrogen) atoms. The highest BCUT2D eigenvalue weighted by atomic mass is 35.5. The molecule has 0 N–H and O–H groups in total. The molecule has 0 fully saturated rings. The van der Waals surface area contributed by atoms with Gasteiger partial charge in [0.05, 0.1) is 16.4 Å². The predicted molar refractivity (Wildman–Crippen MR) is 109 cm³/mol. The van der Waals surface area contributed by atoms with Crippen molar-refractivity contribution < 1.29 is 18.7 Å². The molecule has 7 nitrogen and oxygen atoms in total. The summed E-state index contributed by atoms with van der Waals surface area (Å²) in [6.07, 6.45) is 1.30. The maximum atomic E-state index is 12.6. The molecular weight excluding hydrogens is 419 g/mol. The number of furan rings is 1. The molecule has 0 unspecified atom stereocenters. The zero-order valence-electron chi connectivity index (χ0n) is 14.9. The van der Waals surface area contributed by atoms with Crippen LogP contribution in [0.4, 0.5) is 0 Å². The summed E-state index contributed by atoms with van der Waals surface area (Å²) in [5.41, 5.74) is 0.656. The molecular formula is C20H14Cl2N2O5. The van der Waals surface area contributed by atoms with Crippen molar-refractivity contribution >= 4 is 51.2 Å². The second-order valence-electron chi connectivity index (χ2n) is 6.07. The van der Waals surface area contributed by atoms with Gasteiger partial charge in [0.1, 0.15) is 30.9 Å². The standard InChI is InChI=1S/C20H14Cl2N2O5/c21-13-5-3-6-14(22)18(13)28-9-8-27-16(25)10-24-11-23-17-12-4-1-2-7-15(12)29-19(17)20(24)26/h1-7,11H,8-10H2. The van der Waals surface area contributed by atoms with Gasteiger partial charge in [-0.05, 0) is 24.3 Å². The van der Waals surface area contributed by atoms with Crippen molar-refractivity contribution in [1.29, 1.82) is 0 Å². The molecule has 0 aliphatic heterocycles. The smallest absolute Gasteiger partial charge is 0.326 e. The van der Waals surface area contributed by atoms with Crippen molar-refractivity contribution in [2.24, 2.45) is 0 Å². The summed E-state index contributed by atoms with van der Waals surface area (Å²) >= 11 is 12.0. The van der Waals surface area contributed by atoms with Gasteiger partial charge in [-0.3, -0.25) is 14.2 Å². The highest BCUT2D eigenvalue weighted by molar-refractivity contribution is 6.37. The molecule has 0 aliphatic rings. The quantitative estimate of drug-likeness (QED) is 0.337. The van der Waals surface area contributed by atoms with Crippen molar-refractivity contribution in [3.05, 3.63) is 69.2 Å². The van der Waals surface area contributed by atoms with Gasteiger partial charge < -0.3 is 13.9 Å². The lowest BCUT2D eigenvalue weighted by Crippen LogP contribution is -2.26. The van der Waals surface area contributed by atoms with Crippen LogP contribution in [0, 0.1) is 0 Å². The summed E-state index contributed by atoms with van der Waals surface area (Å²) in [7, 11) is 0. The Kier molecular flexibility index (Phi) is 5.42. The summed E-state index contributed by atoms with van der Waals surface area (Å²) in [5.74, 6) is -0.291. The van der Waals surface area contributed by atoms with Crippen LogP contribution in [0.3, 0.4) is 0 Å². The Hall–Kier alpha value is -3.03. The summed E-state index contributed by atoms with van der Waals surface area (Å²) in [6.45, 7) is -0.272. The largest absolute Gasteiger partial charge is 0.487 e. The average Bonchev–Trinajstić information content (AvgIpc) is 3.09. The van der Waals surface area contributed by atoms with Crippen molar-refractivity contribution in [3.8, 4) is 5.75 Å². The molecule has 0 atom stereocenters. The summed E-state index contributed by atoms with van der Waals surface area (Å²) in [4.78, 5) is 28.9. The average molecular weight is 433 g/mol. The van der Waals surface area contributed by atoms with E-state index in [1.165, 1.54) is 6.33 Å². The number of carbonyl (C=O) groups excluding carboxylic acids is 1. The Morgan fingerprint density at radius 2 is 1.83 bits per heavy atom. The number of carbonyl (C=O) groups is 1. The number of benzene rings is 2. The molecule has 148 valence electrons. The van der Waals surface area contributed by atoms with Crippen LogP contribution in [0.25, 0.3) is 22.1 Å². The van der Waals surface area contributed by atoms with E-state index >= 15 is 0 Å². The van der Waals surface area contributed by atoms with Gasteiger partial charge in [-0.25, -0.2) is 4.98 Å². The fraction of sp³-hybridized carbons (Fsp3) is 0.150. The Labute approximate surface area is 174 Å². The summed E-state index contributed by atoms with van der Waals surface area (Å²) < 4.78 is 17.3. The molecule has 0 spiro atoms. The highest BCUT2D eigenvalue weighted by Crippen LogP contribution is 2.32. The minimum atomic E-state index is -0.613. The molecule has 0 saturated heterocycles. The lowest BCUT2D eigenvalue weighted by Gasteiger charge is -2.10. The Bertz CT molecular complexity index is 1240. The number of hydrogen-bond acceptors (Lipinski definition) is 6. The third kappa shape index (κ3) is 3.92. The normalized spacial score (nSPS) is 11.1. The van der Waals surface area contributed by atoms with Crippen molar-refractivity contribution in [2.45, 2.75) is 6.54 Å². The first kappa shape index (κ1) is 19.3. The van der Waals surface area contributed by atoms with Crippen molar-refractivity contribution in [3.63, 3.8) is 0 Å². The molecule has 0 amide bonds. The van der Waals surface area contributed by atoms with Gasteiger partial charge in [0, 0.05) is 5.39 Å². The van der Waals surface area contributed by atoms with E-state index in [4.69, 9.17) is 37.1 Å². The van der Waals surface area contributed by atoms with Gasteiger partial charge in [0.15, 0.2) is 5.75 Å². The van der Waals surface area contributed by atoms with Crippen LogP contribution in [0.1, 0.15) is 0 Å². The number of hydrogen-bond donors (Lipinski definition) is 0. The van der Waals surface area contributed by atoms with E-state index < -0.39 is 11.5 Å². The Balaban J connectivity index is 1.39. The molecule has 2 aromatic carbocycles. The number of rotatable bonds is 6. The van der Waals surface area contributed by atoms with Crippen LogP contribution in [0.5, 0.6) is 5.75 Å². The highest BCUT2D eigenvalue weighted by Gasteiger charge is 2.15. The van der Waals surface area contributed by atoms with Crippen molar-refractivity contribution in [1.82, 2.24) is 9.55 Å². The fourth-order valence-corrected chi connectivity index (χ4v) is 3.34. The molecule has 4 rings (SSSR count). The number of aromatic nitrogens is 2. The zero-order valence-corrected chi connectivity index (χ0v) is 16.4. The number of nitrogens with zero attached hydrogens (tertiary/aromatic N) is 2. The molecule has 9 heteroatoms. The van der Waals surface area contributed by atoms with E-state index in [2.05, 4.69) is 4.98 Å². The topological polar surface area (TPSA) is 83.6 Å². The van der Waals surface area contributed by atoms with Crippen LogP contribution in [0.15, 0.2) is 58.0 Å². The number of esters is 1. The third-order valence-corrected chi connectivity index (χ3v) is 4.76. The summed E-state index contributed by atoms with van der Waals surface area (Å²) in [5, 5.41) is 1.46. The maximum absolute atomic E-state index is 12.6. The van der Waals surface area contributed by atoms with E-state index in [0.717, 1.165) is 9.95 Å². The first-order chi connectivity index (χ1) is 14.0. The lowest BCUT2D eigenvalue weighted by molar-refractivity contribution is -0.145. The van der Waals surface area contributed by atoms with Crippen LogP contribution < -0.4 is 10.3 Å². The van der Waals surface area contributed by atoms with Gasteiger partial charge in [-0.1, -0.05) is 41.4 Å². The number of fused-ring (bicyclic) bond motifs is 3. The first-order valence-corrected chi connectivity index (χ1v) is 9.39. The fourth-order valence-electron chi connectivity index (χ4n) is 2.83. The molecule has 0 radical (unpaired) electrons. The molecule has 0 saturated carbocycles. The second kappa shape index (κ2) is 8.14. The minimum Gasteiger partial charge on any atom is -0.487 e. The number of ether oxygens (including phenoxy) is 2.